The van der Waals surface area contributed by atoms with Crippen molar-refractivity contribution in [2.24, 2.45) is 5.92 Å². The summed E-state index contributed by atoms with van der Waals surface area (Å²) in [5, 5.41) is 13.9. The van der Waals surface area contributed by atoms with Crippen LogP contribution in [-0.2, 0) is 4.79 Å². The molecule has 0 spiro atoms. The standard InChI is InChI=1S/C27H29N5O5S/c1-17(19-5-3-2-4-6-19)15-28-23(33)13-18-9-11-32(12-10-18)27(35)26-31-30-25(38-26)24(34)29-20-7-8-21-22(14-20)37-16-36-21/h2-8,14,17-18H,9-13,15-16H2,1H3,(H,28,33)(H,29,34). The number of likely N-dealkylation sites (tertiary alicyclic amines) is 1. The maximum absolute atomic E-state index is 13.0. The van der Waals surface area contributed by atoms with E-state index in [1.807, 2.05) is 18.2 Å². The zero-order valence-corrected chi connectivity index (χ0v) is 21.8. The lowest BCUT2D eigenvalue weighted by molar-refractivity contribution is -0.122. The van der Waals surface area contributed by atoms with Crippen molar-refractivity contribution in [1.29, 1.82) is 0 Å². The molecule has 1 unspecified atom stereocenters. The van der Waals surface area contributed by atoms with Crippen molar-refractivity contribution < 1.29 is 23.9 Å². The zero-order chi connectivity index (χ0) is 26.5. The normalized spacial score (nSPS) is 15.7. The summed E-state index contributed by atoms with van der Waals surface area (Å²) in [6.07, 6.45) is 1.93. The molecule has 1 saturated heterocycles. The highest BCUT2D eigenvalue weighted by molar-refractivity contribution is 7.15. The molecular weight excluding hydrogens is 506 g/mol. The second kappa shape index (κ2) is 11.6. The molecule has 0 radical (unpaired) electrons. The molecule has 1 fully saturated rings. The van der Waals surface area contributed by atoms with Crippen LogP contribution in [0.3, 0.4) is 0 Å². The van der Waals surface area contributed by atoms with Gasteiger partial charge in [0.25, 0.3) is 11.8 Å². The van der Waals surface area contributed by atoms with Gasteiger partial charge in [0, 0.05) is 37.8 Å². The first kappa shape index (κ1) is 25.7. The SMILES string of the molecule is CC(CNC(=O)CC1CCN(C(=O)c2nnc(C(=O)Nc3ccc4c(c3)OCO4)s2)CC1)c1ccccc1. The fourth-order valence-corrected chi connectivity index (χ4v) is 5.24. The maximum Gasteiger partial charge on any atom is 0.286 e. The minimum atomic E-state index is -0.452. The van der Waals surface area contributed by atoms with Gasteiger partial charge in [-0.05, 0) is 42.4 Å². The number of ether oxygens (including phenoxy) is 2. The van der Waals surface area contributed by atoms with E-state index in [0.717, 1.165) is 24.2 Å². The first-order valence-electron chi connectivity index (χ1n) is 12.6. The molecule has 0 bridgehead atoms. The third-order valence-corrected chi connectivity index (χ3v) is 7.69. The van der Waals surface area contributed by atoms with E-state index in [0.29, 0.717) is 43.2 Å². The number of nitrogens with one attached hydrogen (secondary N) is 2. The number of rotatable bonds is 8. The van der Waals surface area contributed by atoms with Gasteiger partial charge in [0.05, 0.1) is 0 Å². The second-order valence-corrected chi connectivity index (χ2v) is 10.5. The molecule has 3 heterocycles. The number of fused-ring (bicyclic) bond motifs is 1. The number of carbonyl (C=O) groups is 3. The molecule has 38 heavy (non-hydrogen) atoms. The van der Waals surface area contributed by atoms with Crippen molar-refractivity contribution >= 4 is 34.7 Å². The molecule has 2 aliphatic rings. The number of nitrogens with zero attached hydrogens (tertiary/aromatic N) is 3. The van der Waals surface area contributed by atoms with Gasteiger partial charge in [-0.2, -0.15) is 0 Å². The summed E-state index contributed by atoms with van der Waals surface area (Å²) >= 11 is 0.961. The summed E-state index contributed by atoms with van der Waals surface area (Å²) < 4.78 is 10.6. The molecule has 3 amide bonds. The Balaban J connectivity index is 1.07. The van der Waals surface area contributed by atoms with Gasteiger partial charge in [0.1, 0.15) is 0 Å². The summed E-state index contributed by atoms with van der Waals surface area (Å²) in [7, 11) is 0. The summed E-state index contributed by atoms with van der Waals surface area (Å²) in [4.78, 5) is 39.8. The predicted molar refractivity (Wildman–Crippen MR) is 142 cm³/mol. The zero-order valence-electron chi connectivity index (χ0n) is 21.0. The number of amides is 3. The topological polar surface area (TPSA) is 123 Å². The number of piperidine rings is 1. The molecule has 198 valence electrons. The number of carbonyl (C=O) groups excluding carboxylic acids is 3. The monoisotopic (exact) mass is 535 g/mol. The van der Waals surface area contributed by atoms with Gasteiger partial charge < -0.3 is 25.0 Å². The molecule has 11 heteroatoms. The van der Waals surface area contributed by atoms with Crippen LogP contribution >= 0.6 is 11.3 Å². The van der Waals surface area contributed by atoms with Gasteiger partial charge in [-0.3, -0.25) is 14.4 Å². The Hall–Kier alpha value is -3.99. The van der Waals surface area contributed by atoms with Crippen LogP contribution < -0.4 is 20.1 Å². The number of anilines is 1. The van der Waals surface area contributed by atoms with Crippen LogP contribution in [-0.4, -0.2) is 59.2 Å². The molecule has 1 aromatic heterocycles. The molecule has 2 N–H and O–H groups in total. The number of benzene rings is 2. The van der Waals surface area contributed by atoms with E-state index in [2.05, 4.69) is 39.9 Å². The van der Waals surface area contributed by atoms with Crippen LogP contribution in [0.2, 0.25) is 0 Å². The van der Waals surface area contributed by atoms with E-state index in [-0.39, 0.29) is 40.5 Å². The van der Waals surface area contributed by atoms with E-state index < -0.39 is 5.91 Å². The van der Waals surface area contributed by atoms with Gasteiger partial charge in [-0.15, -0.1) is 10.2 Å². The van der Waals surface area contributed by atoms with Crippen LogP contribution in [0.1, 0.15) is 57.3 Å². The molecular formula is C27H29N5O5S. The average Bonchev–Trinajstić information content (AvgIpc) is 3.62. The summed E-state index contributed by atoms with van der Waals surface area (Å²) in [5.41, 5.74) is 1.73. The summed E-state index contributed by atoms with van der Waals surface area (Å²) in [5.74, 6) is 0.988. The molecule has 3 aromatic rings. The molecule has 5 rings (SSSR count). The first-order chi connectivity index (χ1) is 18.5. The third-order valence-electron chi connectivity index (χ3n) is 6.78. The van der Waals surface area contributed by atoms with E-state index in [4.69, 9.17) is 9.47 Å². The maximum atomic E-state index is 13.0. The summed E-state index contributed by atoms with van der Waals surface area (Å²) in [6.45, 7) is 3.92. The summed E-state index contributed by atoms with van der Waals surface area (Å²) in [6, 6.07) is 15.2. The van der Waals surface area contributed by atoms with Crippen LogP contribution in [0.15, 0.2) is 48.5 Å². The molecule has 2 aliphatic heterocycles. The minimum Gasteiger partial charge on any atom is -0.454 e. The van der Waals surface area contributed by atoms with Gasteiger partial charge in [-0.25, -0.2) is 0 Å². The van der Waals surface area contributed by atoms with Crippen molar-refractivity contribution in [3.63, 3.8) is 0 Å². The highest BCUT2D eigenvalue weighted by Crippen LogP contribution is 2.34. The minimum absolute atomic E-state index is 0.0415. The lowest BCUT2D eigenvalue weighted by Gasteiger charge is -2.31. The van der Waals surface area contributed by atoms with Crippen molar-refractivity contribution in [2.75, 3.05) is 31.7 Å². The Morgan fingerprint density at radius 1 is 1.03 bits per heavy atom. The van der Waals surface area contributed by atoms with Crippen molar-refractivity contribution in [2.45, 2.75) is 32.1 Å². The van der Waals surface area contributed by atoms with Crippen molar-refractivity contribution in [3.05, 3.63) is 64.1 Å². The number of aromatic nitrogens is 2. The third kappa shape index (κ3) is 6.10. The number of hydrogen-bond donors (Lipinski definition) is 2. The highest BCUT2D eigenvalue weighted by Gasteiger charge is 2.28. The predicted octanol–water partition coefficient (Wildman–Crippen LogP) is 3.68. The molecule has 1 atom stereocenters. The molecule has 0 saturated carbocycles. The quantitative estimate of drug-likeness (QED) is 0.451. The van der Waals surface area contributed by atoms with Crippen LogP contribution in [0.5, 0.6) is 11.5 Å². The Labute approximate surface area is 224 Å². The van der Waals surface area contributed by atoms with E-state index in [1.165, 1.54) is 5.56 Å². The van der Waals surface area contributed by atoms with Crippen LogP contribution in [0, 0.1) is 5.92 Å². The van der Waals surface area contributed by atoms with E-state index >= 15 is 0 Å². The Morgan fingerprint density at radius 2 is 1.76 bits per heavy atom. The average molecular weight is 536 g/mol. The first-order valence-corrected chi connectivity index (χ1v) is 13.4. The van der Waals surface area contributed by atoms with E-state index in [1.54, 1.807) is 23.1 Å². The van der Waals surface area contributed by atoms with Crippen molar-refractivity contribution in [3.8, 4) is 11.5 Å². The fourth-order valence-electron chi connectivity index (χ4n) is 4.54. The molecule has 0 aliphatic carbocycles. The fraction of sp³-hybridized carbons (Fsp3) is 0.370. The Kier molecular flexibility index (Phi) is 7.83. The number of hydrogen-bond acceptors (Lipinski definition) is 8. The largest absolute Gasteiger partial charge is 0.454 e. The molecule has 10 nitrogen and oxygen atoms in total. The van der Waals surface area contributed by atoms with Crippen LogP contribution in [0.4, 0.5) is 5.69 Å². The van der Waals surface area contributed by atoms with Gasteiger partial charge >= 0.3 is 0 Å². The highest BCUT2D eigenvalue weighted by atomic mass is 32.1. The van der Waals surface area contributed by atoms with E-state index in [9.17, 15) is 14.4 Å². The van der Waals surface area contributed by atoms with Gasteiger partial charge in [0.2, 0.25) is 22.7 Å². The second-order valence-electron chi connectivity index (χ2n) is 9.49. The Bertz CT molecular complexity index is 1310. The van der Waals surface area contributed by atoms with Gasteiger partial charge in [0.15, 0.2) is 11.5 Å². The van der Waals surface area contributed by atoms with Crippen LogP contribution in [0.25, 0.3) is 0 Å². The lowest BCUT2D eigenvalue weighted by atomic mass is 9.93. The molecule has 2 aromatic carbocycles. The Morgan fingerprint density at radius 3 is 2.55 bits per heavy atom. The van der Waals surface area contributed by atoms with Crippen molar-refractivity contribution in [1.82, 2.24) is 20.4 Å². The van der Waals surface area contributed by atoms with Gasteiger partial charge in [-0.1, -0.05) is 48.6 Å². The smallest absolute Gasteiger partial charge is 0.286 e. The lowest BCUT2D eigenvalue weighted by Crippen LogP contribution is -2.40.